The molecule has 4 nitrogen and oxygen atoms in total. The van der Waals surface area contributed by atoms with E-state index < -0.39 is 0 Å². The molecule has 2 aliphatic heterocycles. The van der Waals surface area contributed by atoms with E-state index >= 15 is 0 Å². The molecule has 2 N–H and O–H groups in total. The van der Waals surface area contributed by atoms with E-state index in [9.17, 15) is 4.79 Å². The Balaban J connectivity index is 1.86. The van der Waals surface area contributed by atoms with Gasteiger partial charge >= 0.3 is 0 Å². The van der Waals surface area contributed by atoms with Crippen molar-refractivity contribution in [3.8, 4) is 0 Å². The van der Waals surface area contributed by atoms with E-state index in [-0.39, 0.29) is 12.5 Å². The van der Waals surface area contributed by atoms with Gasteiger partial charge in [0.1, 0.15) is 0 Å². The highest BCUT2D eigenvalue weighted by Gasteiger charge is 2.35. The molecule has 3 atom stereocenters. The Hall–Kier alpha value is -0.610. The Morgan fingerprint density at radius 1 is 1.50 bits per heavy atom. The van der Waals surface area contributed by atoms with Crippen molar-refractivity contribution < 1.29 is 9.90 Å². The van der Waals surface area contributed by atoms with Crippen molar-refractivity contribution >= 4 is 5.91 Å². The zero-order valence-electron chi connectivity index (χ0n) is 9.98. The molecule has 0 radical (unpaired) electrons. The molecule has 0 spiro atoms. The van der Waals surface area contributed by atoms with Crippen LogP contribution in [0.15, 0.2) is 0 Å². The SMILES string of the molecule is CC1NCCC1C(=O)N1CCC(CCO)C1. The number of rotatable bonds is 3. The van der Waals surface area contributed by atoms with Gasteiger partial charge in [0.25, 0.3) is 0 Å². The second-order valence-electron chi connectivity index (χ2n) is 5.09. The Bertz CT molecular complexity index is 257. The maximum absolute atomic E-state index is 12.2. The monoisotopic (exact) mass is 226 g/mol. The average molecular weight is 226 g/mol. The van der Waals surface area contributed by atoms with Gasteiger partial charge in [-0.3, -0.25) is 4.79 Å². The number of amides is 1. The van der Waals surface area contributed by atoms with Gasteiger partial charge in [-0.1, -0.05) is 0 Å². The summed E-state index contributed by atoms with van der Waals surface area (Å²) < 4.78 is 0. The van der Waals surface area contributed by atoms with E-state index in [0.29, 0.717) is 17.9 Å². The number of hydrogen-bond donors (Lipinski definition) is 2. The molecule has 1 amide bonds. The summed E-state index contributed by atoms with van der Waals surface area (Å²) in [4.78, 5) is 14.2. The molecule has 0 bridgehead atoms. The first-order chi connectivity index (χ1) is 7.72. The standard InChI is InChI=1S/C12H22N2O2/c1-9-11(2-5-13-9)12(16)14-6-3-10(8-14)4-7-15/h9-11,13,15H,2-8H2,1H3. The van der Waals surface area contributed by atoms with Crippen LogP contribution in [0.4, 0.5) is 0 Å². The van der Waals surface area contributed by atoms with Crippen LogP contribution in [-0.4, -0.2) is 48.2 Å². The summed E-state index contributed by atoms with van der Waals surface area (Å²) >= 11 is 0. The van der Waals surface area contributed by atoms with Gasteiger partial charge in [0.2, 0.25) is 5.91 Å². The molecule has 2 saturated heterocycles. The fourth-order valence-electron chi connectivity index (χ4n) is 2.88. The fraction of sp³-hybridized carbons (Fsp3) is 0.917. The van der Waals surface area contributed by atoms with Crippen molar-refractivity contribution in [3.63, 3.8) is 0 Å². The van der Waals surface area contributed by atoms with Gasteiger partial charge in [-0.15, -0.1) is 0 Å². The number of likely N-dealkylation sites (tertiary alicyclic amines) is 1. The van der Waals surface area contributed by atoms with Gasteiger partial charge in [-0.2, -0.15) is 0 Å². The van der Waals surface area contributed by atoms with Gasteiger partial charge in [0.05, 0.1) is 5.92 Å². The Morgan fingerprint density at radius 3 is 2.94 bits per heavy atom. The molecule has 0 aromatic carbocycles. The third-order valence-corrected chi connectivity index (χ3v) is 3.98. The second kappa shape index (κ2) is 5.15. The zero-order valence-corrected chi connectivity index (χ0v) is 9.98. The first-order valence-electron chi connectivity index (χ1n) is 6.35. The van der Waals surface area contributed by atoms with Crippen LogP contribution in [0.1, 0.15) is 26.2 Å². The molecule has 2 rings (SSSR count). The van der Waals surface area contributed by atoms with E-state index in [4.69, 9.17) is 5.11 Å². The van der Waals surface area contributed by atoms with Crippen molar-refractivity contribution in [2.75, 3.05) is 26.2 Å². The summed E-state index contributed by atoms with van der Waals surface area (Å²) in [5, 5.41) is 12.2. The topological polar surface area (TPSA) is 52.6 Å². The van der Waals surface area contributed by atoms with E-state index in [2.05, 4.69) is 12.2 Å². The molecule has 0 aromatic rings. The van der Waals surface area contributed by atoms with Crippen LogP contribution in [0.3, 0.4) is 0 Å². The van der Waals surface area contributed by atoms with Crippen molar-refractivity contribution in [1.29, 1.82) is 0 Å². The predicted octanol–water partition coefficient (Wildman–Crippen LogP) is 0.215. The minimum atomic E-state index is 0.174. The van der Waals surface area contributed by atoms with E-state index in [0.717, 1.165) is 38.9 Å². The van der Waals surface area contributed by atoms with Crippen molar-refractivity contribution in [1.82, 2.24) is 10.2 Å². The maximum Gasteiger partial charge on any atom is 0.227 e. The highest BCUT2D eigenvalue weighted by atomic mass is 16.3. The summed E-state index contributed by atoms with van der Waals surface area (Å²) in [5.41, 5.74) is 0. The highest BCUT2D eigenvalue weighted by Crippen LogP contribution is 2.24. The van der Waals surface area contributed by atoms with Gasteiger partial charge in [-0.25, -0.2) is 0 Å². The summed E-state index contributed by atoms with van der Waals surface area (Å²) in [6, 6.07) is 0.324. The molecule has 2 heterocycles. The van der Waals surface area contributed by atoms with Crippen molar-refractivity contribution in [3.05, 3.63) is 0 Å². The summed E-state index contributed by atoms with van der Waals surface area (Å²) in [5.74, 6) is 1.00. The van der Waals surface area contributed by atoms with Crippen LogP contribution in [0.25, 0.3) is 0 Å². The number of aliphatic hydroxyl groups is 1. The third kappa shape index (κ3) is 2.38. The molecular weight excluding hydrogens is 204 g/mol. The summed E-state index contributed by atoms with van der Waals surface area (Å²) in [6.45, 7) is 5.03. The molecule has 3 unspecified atom stereocenters. The van der Waals surface area contributed by atoms with Crippen LogP contribution in [-0.2, 0) is 4.79 Å². The van der Waals surface area contributed by atoms with Crippen LogP contribution >= 0.6 is 0 Å². The molecule has 2 fully saturated rings. The number of nitrogens with zero attached hydrogens (tertiary/aromatic N) is 1. The third-order valence-electron chi connectivity index (χ3n) is 3.98. The van der Waals surface area contributed by atoms with Gasteiger partial charge in [0.15, 0.2) is 0 Å². The summed E-state index contributed by atoms with van der Waals surface area (Å²) in [7, 11) is 0. The Labute approximate surface area is 97.0 Å². The fourth-order valence-corrected chi connectivity index (χ4v) is 2.88. The number of nitrogens with one attached hydrogen (secondary N) is 1. The average Bonchev–Trinajstić information content (AvgIpc) is 2.87. The predicted molar refractivity (Wildman–Crippen MR) is 62.0 cm³/mol. The molecular formula is C12H22N2O2. The molecule has 4 heteroatoms. The number of aliphatic hydroxyl groups excluding tert-OH is 1. The molecule has 16 heavy (non-hydrogen) atoms. The minimum absolute atomic E-state index is 0.174. The number of hydrogen-bond acceptors (Lipinski definition) is 3. The number of carbonyl (C=O) groups excluding carboxylic acids is 1. The minimum Gasteiger partial charge on any atom is -0.396 e. The first-order valence-corrected chi connectivity index (χ1v) is 6.35. The quantitative estimate of drug-likeness (QED) is 0.723. The largest absolute Gasteiger partial charge is 0.396 e. The maximum atomic E-state index is 12.2. The van der Waals surface area contributed by atoms with Crippen LogP contribution in [0.2, 0.25) is 0 Å². The first kappa shape index (κ1) is 11.9. The molecule has 92 valence electrons. The number of carbonyl (C=O) groups is 1. The van der Waals surface area contributed by atoms with Gasteiger partial charge in [-0.05, 0) is 38.6 Å². The molecule has 0 aromatic heterocycles. The van der Waals surface area contributed by atoms with Gasteiger partial charge in [0, 0.05) is 25.7 Å². The van der Waals surface area contributed by atoms with Crippen molar-refractivity contribution in [2.24, 2.45) is 11.8 Å². The smallest absolute Gasteiger partial charge is 0.227 e. The molecule has 0 aliphatic carbocycles. The van der Waals surface area contributed by atoms with Crippen LogP contribution < -0.4 is 5.32 Å². The molecule has 2 aliphatic rings. The zero-order chi connectivity index (χ0) is 11.5. The Morgan fingerprint density at radius 2 is 2.31 bits per heavy atom. The van der Waals surface area contributed by atoms with E-state index in [1.165, 1.54) is 0 Å². The van der Waals surface area contributed by atoms with E-state index in [1.807, 2.05) is 4.90 Å². The lowest BCUT2D eigenvalue weighted by molar-refractivity contribution is -0.134. The van der Waals surface area contributed by atoms with E-state index in [1.54, 1.807) is 0 Å². The highest BCUT2D eigenvalue weighted by molar-refractivity contribution is 5.80. The van der Waals surface area contributed by atoms with Crippen LogP contribution in [0.5, 0.6) is 0 Å². The lowest BCUT2D eigenvalue weighted by atomic mass is 10.0. The lowest BCUT2D eigenvalue weighted by Gasteiger charge is -2.22. The lowest BCUT2D eigenvalue weighted by Crippen LogP contribution is -2.39. The van der Waals surface area contributed by atoms with Crippen molar-refractivity contribution in [2.45, 2.75) is 32.2 Å². The van der Waals surface area contributed by atoms with Gasteiger partial charge < -0.3 is 15.3 Å². The normalized spacial score (nSPS) is 34.6. The van der Waals surface area contributed by atoms with Crippen LogP contribution in [0, 0.1) is 11.8 Å². The molecule has 0 saturated carbocycles. The Kier molecular flexibility index (Phi) is 3.82. The second-order valence-corrected chi connectivity index (χ2v) is 5.09. The summed E-state index contributed by atoms with van der Waals surface area (Å²) in [6.07, 6.45) is 2.87.